The van der Waals surface area contributed by atoms with Crippen LogP contribution in [-0.4, -0.2) is 23.8 Å². The number of carbonyl (C=O) groups excluding carboxylic acids is 1. The zero-order chi connectivity index (χ0) is 16.8. The van der Waals surface area contributed by atoms with Crippen LogP contribution in [0.5, 0.6) is 0 Å². The van der Waals surface area contributed by atoms with Crippen molar-refractivity contribution < 1.29 is 14.6 Å². The lowest BCUT2D eigenvalue weighted by Gasteiger charge is -2.38. The van der Waals surface area contributed by atoms with E-state index in [0.29, 0.717) is 5.92 Å². The number of fused-ring (bicyclic) bond motifs is 5. The number of hydrogen-bond acceptors (Lipinski definition) is 3. The van der Waals surface area contributed by atoms with E-state index >= 15 is 0 Å². The Bertz CT molecular complexity index is 444. The van der Waals surface area contributed by atoms with Gasteiger partial charge in [0.15, 0.2) is 0 Å². The quantitative estimate of drug-likeness (QED) is 0.751. The highest BCUT2D eigenvalue weighted by atomic mass is 16.5. The van der Waals surface area contributed by atoms with Crippen molar-refractivity contribution in [3.05, 3.63) is 0 Å². The van der Waals surface area contributed by atoms with Crippen molar-refractivity contribution in [2.45, 2.75) is 71.3 Å². The van der Waals surface area contributed by atoms with E-state index in [1.807, 2.05) is 6.92 Å². The molecule has 0 aromatic carbocycles. The molecule has 0 aromatic heterocycles. The second-order valence-electron chi connectivity index (χ2n) is 8.84. The van der Waals surface area contributed by atoms with Crippen LogP contribution in [-0.2, 0) is 9.53 Å². The largest absolute Gasteiger partial charge is 0.469 e. The highest BCUT2D eigenvalue weighted by molar-refractivity contribution is 5.70. The predicted octanol–water partition coefficient (Wildman–Crippen LogP) is 4.04. The van der Waals surface area contributed by atoms with Gasteiger partial charge in [-0.15, -0.1) is 0 Å². The summed E-state index contributed by atoms with van der Waals surface area (Å²) >= 11 is 0. The monoisotopic (exact) mass is 322 g/mol. The van der Waals surface area contributed by atoms with Gasteiger partial charge in [0.05, 0.1) is 19.1 Å². The maximum atomic E-state index is 11.5. The zero-order valence-corrected chi connectivity index (χ0v) is 15.3. The summed E-state index contributed by atoms with van der Waals surface area (Å²) in [5.74, 6) is 5.66. The van der Waals surface area contributed by atoms with Gasteiger partial charge in [0.2, 0.25) is 0 Å². The van der Waals surface area contributed by atoms with Gasteiger partial charge in [0.25, 0.3) is 0 Å². The number of methoxy groups -OCH3 is 1. The van der Waals surface area contributed by atoms with Crippen LogP contribution < -0.4 is 0 Å². The second-order valence-corrected chi connectivity index (χ2v) is 8.84. The molecule has 3 nitrogen and oxygen atoms in total. The molecule has 3 aliphatic rings. The normalized spacial score (nSPS) is 44.1. The van der Waals surface area contributed by atoms with E-state index in [0.717, 1.165) is 41.9 Å². The van der Waals surface area contributed by atoms with Crippen LogP contribution in [0.25, 0.3) is 0 Å². The van der Waals surface area contributed by atoms with Crippen molar-refractivity contribution in [2.24, 2.45) is 41.4 Å². The fourth-order valence-corrected chi connectivity index (χ4v) is 6.79. The molecule has 8 unspecified atom stereocenters. The second kappa shape index (κ2) is 6.38. The minimum Gasteiger partial charge on any atom is -0.469 e. The van der Waals surface area contributed by atoms with Gasteiger partial charge in [-0.25, -0.2) is 0 Å². The molecule has 8 atom stereocenters. The zero-order valence-electron chi connectivity index (χ0n) is 15.3. The Balaban J connectivity index is 1.68. The van der Waals surface area contributed by atoms with Crippen molar-refractivity contribution in [1.82, 2.24) is 0 Å². The molecule has 3 heteroatoms. The molecular formula is C20H34O3. The number of aliphatic hydroxyl groups is 1. The van der Waals surface area contributed by atoms with Gasteiger partial charge in [-0.2, -0.15) is 0 Å². The molecule has 132 valence electrons. The van der Waals surface area contributed by atoms with Crippen LogP contribution in [0.1, 0.15) is 65.7 Å². The van der Waals surface area contributed by atoms with Crippen LogP contribution in [0, 0.1) is 41.4 Å². The molecule has 0 amide bonds. The summed E-state index contributed by atoms with van der Waals surface area (Å²) in [4.78, 5) is 11.5. The predicted molar refractivity (Wildman–Crippen MR) is 90.7 cm³/mol. The van der Waals surface area contributed by atoms with E-state index in [2.05, 4.69) is 13.8 Å². The Morgan fingerprint density at radius 1 is 1.09 bits per heavy atom. The van der Waals surface area contributed by atoms with Crippen LogP contribution >= 0.6 is 0 Å². The summed E-state index contributed by atoms with van der Waals surface area (Å²) in [6.45, 7) is 6.53. The van der Waals surface area contributed by atoms with Crippen molar-refractivity contribution in [3.63, 3.8) is 0 Å². The first-order chi connectivity index (χ1) is 10.9. The molecule has 23 heavy (non-hydrogen) atoms. The molecule has 0 radical (unpaired) electrons. The lowest BCUT2D eigenvalue weighted by Crippen LogP contribution is -2.36. The standard InChI is InChI=1S/C20H34O3/c1-5-12-7-13(6-2)19-16-9-14(18(12)19)8-15(16)10-20(3,22)11-17(21)23-4/h12-16,18-19,22H,5-11H2,1-4H3. The fourth-order valence-electron chi connectivity index (χ4n) is 6.79. The topological polar surface area (TPSA) is 46.5 Å². The molecule has 3 saturated carbocycles. The summed E-state index contributed by atoms with van der Waals surface area (Å²) in [5, 5.41) is 10.7. The Hall–Kier alpha value is -0.570. The smallest absolute Gasteiger partial charge is 0.308 e. The van der Waals surface area contributed by atoms with E-state index in [-0.39, 0.29) is 12.4 Å². The molecule has 0 spiro atoms. The molecular weight excluding hydrogens is 288 g/mol. The third kappa shape index (κ3) is 3.06. The molecule has 2 bridgehead atoms. The highest BCUT2D eigenvalue weighted by Crippen LogP contribution is 2.66. The average molecular weight is 322 g/mol. The van der Waals surface area contributed by atoms with E-state index in [9.17, 15) is 9.90 Å². The van der Waals surface area contributed by atoms with E-state index in [4.69, 9.17) is 4.74 Å². The average Bonchev–Trinajstić information content (AvgIpc) is 3.15. The summed E-state index contributed by atoms with van der Waals surface area (Å²) in [6.07, 6.45) is 7.62. The Morgan fingerprint density at radius 3 is 2.35 bits per heavy atom. The summed E-state index contributed by atoms with van der Waals surface area (Å²) in [6, 6.07) is 0. The van der Waals surface area contributed by atoms with Crippen molar-refractivity contribution in [3.8, 4) is 0 Å². The Kier molecular flexibility index (Phi) is 4.79. The van der Waals surface area contributed by atoms with E-state index in [1.54, 1.807) is 0 Å². The van der Waals surface area contributed by atoms with Gasteiger partial charge in [-0.05, 0) is 74.0 Å². The van der Waals surface area contributed by atoms with Gasteiger partial charge < -0.3 is 9.84 Å². The molecule has 3 fully saturated rings. The van der Waals surface area contributed by atoms with Gasteiger partial charge >= 0.3 is 5.97 Å². The van der Waals surface area contributed by atoms with Crippen LogP contribution in [0.3, 0.4) is 0 Å². The van der Waals surface area contributed by atoms with Crippen molar-refractivity contribution >= 4 is 5.97 Å². The van der Waals surface area contributed by atoms with Crippen molar-refractivity contribution in [2.75, 3.05) is 7.11 Å². The number of carbonyl (C=O) groups is 1. The molecule has 0 saturated heterocycles. The van der Waals surface area contributed by atoms with Gasteiger partial charge in [0.1, 0.15) is 0 Å². The molecule has 0 aromatic rings. The first-order valence-corrected chi connectivity index (χ1v) is 9.69. The van der Waals surface area contributed by atoms with Crippen LogP contribution in [0.2, 0.25) is 0 Å². The minimum atomic E-state index is -0.914. The third-order valence-electron chi connectivity index (χ3n) is 7.47. The molecule has 3 rings (SSSR count). The summed E-state index contributed by atoms with van der Waals surface area (Å²) in [5.41, 5.74) is -0.914. The molecule has 3 aliphatic carbocycles. The lowest BCUT2D eigenvalue weighted by molar-refractivity contribution is -0.146. The third-order valence-corrected chi connectivity index (χ3v) is 7.47. The highest BCUT2D eigenvalue weighted by Gasteiger charge is 2.59. The van der Waals surface area contributed by atoms with E-state index < -0.39 is 5.60 Å². The molecule has 1 N–H and O–H groups in total. The first kappa shape index (κ1) is 17.3. The SMILES string of the molecule is CCC1CC(CC)C2C3CC(CC3CC(C)(O)CC(=O)OC)C12. The first-order valence-electron chi connectivity index (χ1n) is 9.69. The summed E-state index contributed by atoms with van der Waals surface area (Å²) in [7, 11) is 1.40. The van der Waals surface area contributed by atoms with E-state index in [1.165, 1.54) is 39.2 Å². The Morgan fingerprint density at radius 2 is 1.74 bits per heavy atom. The van der Waals surface area contributed by atoms with Crippen molar-refractivity contribution in [1.29, 1.82) is 0 Å². The minimum absolute atomic E-state index is 0.125. The number of ether oxygens (including phenoxy) is 1. The fraction of sp³-hybridized carbons (Fsp3) is 0.950. The lowest BCUT2D eigenvalue weighted by atomic mass is 9.68. The number of rotatable bonds is 6. The maximum Gasteiger partial charge on any atom is 0.308 e. The number of hydrogen-bond donors (Lipinski definition) is 1. The Labute approximate surface area is 141 Å². The molecule has 0 aliphatic heterocycles. The van der Waals surface area contributed by atoms with Gasteiger partial charge in [-0.3, -0.25) is 4.79 Å². The van der Waals surface area contributed by atoms with Crippen LogP contribution in [0.4, 0.5) is 0 Å². The van der Waals surface area contributed by atoms with Crippen LogP contribution in [0.15, 0.2) is 0 Å². The number of esters is 1. The summed E-state index contributed by atoms with van der Waals surface area (Å²) < 4.78 is 4.75. The van der Waals surface area contributed by atoms with Gasteiger partial charge in [0, 0.05) is 0 Å². The molecule has 0 heterocycles. The maximum absolute atomic E-state index is 11.5. The van der Waals surface area contributed by atoms with Gasteiger partial charge in [-0.1, -0.05) is 26.7 Å².